The molecular formula is C40H62Cl2SiTi-4. The minimum absolute atomic E-state index is 0. The summed E-state index contributed by atoms with van der Waals surface area (Å²) in [6.45, 7) is 22.9. The average Bonchev–Trinajstić information content (AvgIpc) is 3.54. The van der Waals surface area contributed by atoms with Gasteiger partial charge in [-0.1, -0.05) is 129 Å². The van der Waals surface area contributed by atoms with Crippen molar-refractivity contribution in [2.45, 2.75) is 131 Å². The van der Waals surface area contributed by atoms with Crippen LogP contribution in [-0.2, 0) is 32.0 Å². The second-order valence-corrected chi connectivity index (χ2v) is 12.8. The van der Waals surface area contributed by atoms with Gasteiger partial charge in [0, 0.05) is 0 Å². The summed E-state index contributed by atoms with van der Waals surface area (Å²) in [4.78, 5) is 0. The van der Waals surface area contributed by atoms with Crippen LogP contribution in [0.15, 0.2) is 48.5 Å². The molecular weight excluding hydrogens is 627 g/mol. The predicted molar refractivity (Wildman–Crippen MR) is 206 cm³/mol. The molecule has 44 heavy (non-hydrogen) atoms. The van der Waals surface area contributed by atoms with Crippen LogP contribution in [0.25, 0.3) is 21.5 Å². The molecule has 0 aliphatic carbocycles. The third-order valence-corrected chi connectivity index (χ3v) is 8.09. The van der Waals surface area contributed by atoms with Gasteiger partial charge in [-0.15, -0.1) is 81.8 Å². The van der Waals surface area contributed by atoms with Crippen LogP contribution >= 0.6 is 24.8 Å². The Bertz CT molecular complexity index is 1220. The molecule has 0 aliphatic rings. The molecule has 2 radical (unpaired) electrons. The van der Waals surface area contributed by atoms with Crippen molar-refractivity contribution in [3.63, 3.8) is 0 Å². The Morgan fingerprint density at radius 1 is 0.545 bits per heavy atom. The van der Waals surface area contributed by atoms with Gasteiger partial charge in [-0.05, 0) is 36.5 Å². The van der Waals surface area contributed by atoms with Gasteiger partial charge in [0.15, 0.2) is 0 Å². The molecule has 0 unspecified atom stereocenters. The molecule has 0 spiro atoms. The number of rotatable bonds is 10. The monoisotopic (exact) mass is 688 g/mol. The van der Waals surface area contributed by atoms with Crippen molar-refractivity contribution in [3.05, 3.63) is 96.8 Å². The number of fused-ring (bicyclic) bond motifs is 2. The first-order chi connectivity index (χ1) is 19.0. The van der Waals surface area contributed by atoms with Crippen molar-refractivity contribution in [3.8, 4) is 0 Å². The molecule has 4 aromatic rings. The molecule has 0 atom stereocenters. The summed E-state index contributed by atoms with van der Waals surface area (Å²) in [5.74, 6) is 2.41. The molecule has 0 nitrogen and oxygen atoms in total. The van der Waals surface area contributed by atoms with E-state index < -0.39 is 0 Å². The van der Waals surface area contributed by atoms with Crippen LogP contribution in [-0.4, -0.2) is 7.63 Å². The van der Waals surface area contributed by atoms with Gasteiger partial charge in [-0.2, -0.15) is 12.1 Å². The van der Waals surface area contributed by atoms with E-state index in [2.05, 4.69) is 125 Å². The van der Waals surface area contributed by atoms with Gasteiger partial charge in [-0.3, -0.25) is 0 Å². The van der Waals surface area contributed by atoms with Crippen molar-refractivity contribution >= 4 is 54.0 Å². The molecule has 4 rings (SSSR count). The van der Waals surface area contributed by atoms with Crippen LogP contribution in [0, 0.1) is 14.9 Å². The maximum absolute atomic E-state index is 2.97. The molecule has 0 N–H and O–H groups in total. The number of halogens is 2. The van der Waals surface area contributed by atoms with Crippen LogP contribution in [0.3, 0.4) is 0 Å². The number of aryl methyl sites for hydroxylation is 2. The molecule has 0 amide bonds. The van der Waals surface area contributed by atoms with E-state index in [1.54, 1.807) is 19.2 Å². The van der Waals surface area contributed by atoms with Crippen molar-refractivity contribution in [2.75, 3.05) is 0 Å². The van der Waals surface area contributed by atoms with E-state index in [0.29, 0.717) is 23.7 Å². The van der Waals surface area contributed by atoms with Gasteiger partial charge < -0.3 is 14.9 Å². The van der Waals surface area contributed by atoms with Crippen molar-refractivity contribution < 1.29 is 19.2 Å². The quantitative estimate of drug-likeness (QED) is 0.115. The number of hydrogen-bond acceptors (Lipinski definition) is 0. The first-order valence-corrected chi connectivity index (χ1v) is 18.6. The van der Waals surface area contributed by atoms with E-state index in [-0.39, 0.29) is 39.7 Å². The fourth-order valence-corrected chi connectivity index (χ4v) is 5.54. The SMILES string of the molecule is CCCCc1cc2c(C(C)C)cc(C(C)C)cc2[cH-]1.CCCCc1cc2c(C(C)C)cc(C(C)C)cc2[cH-]1.Cl.Cl.[CH3-].[CH3-].[Si]=[Ti]. The number of hydrogen-bond donors (Lipinski definition) is 0. The van der Waals surface area contributed by atoms with Crippen molar-refractivity contribution in [2.24, 2.45) is 0 Å². The van der Waals surface area contributed by atoms with Crippen LogP contribution < -0.4 is 0 Å². The van der Waals surface area contributed by atoms with E-state index in [1.807, 2.05) is 0 Å². The molecule has 0 bridgehead atoms. The van der Waals surface area contributed by atoms with E-state index in [4.69, 9.17) is 0 Å². The molecule has 0 saturated heterocycles. The zero-order valence-corrected chi connectivity index (χ0v) is 34.2. The fraction of sp³-hybridized carbons (Fsp3) is 0.500. The van der Waals surface area contributed by atoms with E-state index in [9.17, 15) is 0 Å². The zero-order valence-electron chi connectivity index (χ0n) is 30.0. The molecule has 0 aromatic heterocycles. The molecule has 4 heteroatoms. The summed E-state index contributed by atoms with van der Waals surface area (Å²) in [6.07, 6.45) is 7.58. The molecule has 0 heterocycles. The van der Waals surface area contributed by atoms with Crippen molar-refractivity contribution in [1.82, 2.24) is 0 Å². The van der Waals surface area contributed by atoms with Crippen LogP contribution in [0.5, 0.6) is 0 Å². The average molecular weight is 690 g/mol. The third kappa shape index (κ3) is 13.1. The second kappa shape index (κ2) is 23.5. The summed E-state index contributed by atoms with van der Waals surface area (Å²) in [7, 11) is 2.97. The summed E-state index contributed by atoms with van der Waals surface area (Å²) in [5, 5.41) is 5.85. The molecule has 248 valence electrons. The fourth-order valence-electron chi connectivity index (χ4n) is 5.54. The molecule has 0 saturated carbocycles. The maximum atomic E-state index is 2.97. The summed E-state index contributed by atoms with van der Waals surface area (Å²) in [5.41, 5.74) is 9.01. The molecule has 4 aromatic carbocycles. The summed E-state index contributed by atoms with van der Waals surface area (Å²) < 4.78 is 0. The Hall–Kier alpha value is -0.829. The first-order valence-electron chi connectivity index (χ1n) is 15.8. The Labute approximate surface area is 299 Å². The Kier molecular flexibility index (Phi) is 25.4. The van der Waals surface area contributed by atoms with Gasteiger partial charge >= 0.3 is 26.8 Å². The topological polar surface area (TPSA) is 0 Å². The van der Waals surface area contributed by atoms with Crippen LogP contribution in [0.1, 0.15) is 152 Å². The van der Waals surface area contributed by atoms with E-state index >= 15 is 0 Å². The predicted octanol–water partition coefficient (Wildman–Crippen LogP) is 13.7. The van der Waals surface area contributed by atoms with E-state index in [1.165, 1.54) is 93.5 Å². The Morgan fingerprint density at radius 3 is 1.11 bits per heavy atom. The Balaban J connectivity index is -0.000000666. The first kappa shape index (κ1) is 47.6. The van der Waals surface area contributed by atoms with Gasteiger partial charge in [0.1, 0.15) is 0 Å². The third-order valence-electron chi connectivity index (χ3n) is 8.09. The Morgan fingerprint density at radius 2 is 0.864 bits per heavy atom. The minimum atomic E-state index is 0. The standard InChI is InChI=1S/2C19H27.2CH3.2ClH.Si.Ti/c2*1-6-7-8-15-9-17-11-16(13(2)3)12-18(14(4)5)19(17)10-15;;;;;;/h2*9-14H,6-8H2,1-5H3;2*1H3;2*1H;;/q4*-1;;;;. The van der Waals surface area contributed by atoms with Gasteiger partial charge in [0.2, 0.25) is 0 Å². The van der Waals surface area contributed by atoms with Gasteiger partial charge in [0.25, 0.3) is 0 Å². The number of unbranched alkanes of at least 4 members (excludes halogenated alkanes) is 2. The van der Waals surface area contributed by atoms with Gasteiger partial charge in [-0.25, -0.2) is 0 Å². The van der Waals surface area contributed by atoms with Crippen molar-refractivity contribution in [1.29, 1.82) is 0 Å². The molecule has 0 aliphatic heterocycles. The molecule has 0 fully saturated rings. The zero-order chi connectivity index (χ0) is 30.0. The second-order valence-electron chi connectivity index (χ2n) is 12.8. The summed E-state index contributed by atoms with van der Waals surface area (Å²) in [6, 6.07) is 19.3. The van der Waals surface area contributed by atoms with Crippen LogP contribution in [0.2, 0.25) is 0 Å². The van der Waals surface area contributed by atoms with Gasteiger partial charge in [0.05, 0.1) is 0 Å². The van der Waals surface area contributed by atoms with Crippen LogP contribution in [0.4, 0.5) is 0 Å². The van der Waals surface area contributed by atoms with E-state index in [0.717, 1.165) is 0 Å². The number of benzene rings is 2. The summed E-state index contributed by atoms with van der Waals surface area (Å²) >= 11 is 1.81. The normalized spacial score (nSPS) is 10.4.